The third-order valence-electron chi connectivity index (χ3n) is 4.23. The second kappa shape index (κ2) is 7.91. The number of H-pyrrole nitrogens is 1. The molecule has 0 saturated heterocycles. The molecule has 1 amide bonds. The maximum absolute atomic E-state index is 12.8. The molecule has 0 fully saturated rings. The van der Waals surface area contributed by atoms with E-state index in [1.807, 2.05) is 42.5 Å². The summed E-state index contributed by atoms with van der Waals surface area (Å²) >= 11 is 7.74. The van der Waals surface area contributed by atoms with Crippen molar-refractivity contribution in [1.29, 1.82) is 0 Å². The number of nitrogens with one attached hydrogen (secondary N) is 2. The zero-order valence-electron chi connectivity index (χ0n) is 14.4. The fourth-order valence-corrected chi connectivity index (χ4v) is 4.19. The average molecular weight is 393 g/mol. The van der Waals surface area contributed by atoms with E-state index in [1.165, 1.54) is 5.56 Å². The SMILES string of the molecule is O=C(Nc1cccc(Cl)c1)c1c[nH]c2cccc(SCc3ccccc3)c12. The number of carbonyl (C=O) groups excluding carboxylic acids is 1. The maximum Gasteiger partial charge on any atom is 0.257 e. The van der Waals surface area contributed by atoms with Crippen molar-refractivity contribution in [3.05, 3.63) is 95.1 Å². The number of amides is 1. The lowest BCUT2D eigenvalue weighted by Crippen LogP contribution is -2.11. The lowest BCUT2D eigenvalue weighted by molar-refractivity contribution is 0.102. The standard InChI is InChI=1S/C22H17ClN2OS/c23-16-8-4-9-17(12-16)25-22(26)18-13-24-19-10-5-11-20(21(18)19)27-14-15-6-2-1-3-7-15/h1-13,24H,14H2,(H,25,26). The summed E-state index contributed by atoms with van der Waals surface area (Å²) in [6.45, 7) is 0. The van der Waals surface area contributed by atoms with Gasteiger partial charge in [-0.2, -0.15) is 0 Å². The molecule has 0 saturated carbocycles. The molecule has 4 rings (SSSR count). The first kappa shape index (κ1) is 17.7. The first-order valence-corrected chi connectivity index (χ1v) is 9.91. The third kappa shape index (κ3) is 4.02. The Balaban J connectivity index is 1.62. The highest BCUT2D eigenvalue weighted by Gasteiger charge is 2.16. The van der Waals surface area contributed by atoms with Crippen molar-refractivity contribution in [2.24, 2.45) is 0 Å². The minimum atomic E-state index is -0.156. The van der Waals surface area contributed by atoms with E-state index in [2.05, 4.69) is 28.5 Å². The maximum atomic E-state index is 12.8. The predicted molar refractivity (Wildman–Crippen MR) is 114 cm³/mol. The van der Waals surface area contributed by atoms with E-state index in [0.717, 1.165) is 21.6 Å². The van der Waals surface area contributed by atoms with Crippen LogP contribution in [0.5, 0.6) is 0 Å². The molecule has 134 valence electrons. The molecule has 0 bridgehead atoms. The number of rotatable bonds is 5. The summed E-state index contributed by atoms with van der Waals surface area (Å²) in [6, 6.07) is 23.5. The molecule has 1 aromatic heterocycles. The highest BCUT2D eigenvalue weighted by molar-refractivity contribution is 7.98. The van der Waals surface area contributed by atoms with Gasteiger partial charge in [0.05, 0.1) is 5.56 Å². The van der Waals surface area contributed by atoms with Crippen molar-refractivity contribution in [3.63, 3.8) is 0 Å². The van der Waals surface area contributed by atoms with E-state index in [-0.39, 0.29) is 5.91 Å². The molecule has 1 heterocycles. The minimum absolute atomic E-state index is 0.156. The van der Waals surface area contributed by atoms with Gasteiger partial charge in [-0.3, -0.25) is 4.79 Å². The molecule has 0 atom stereocenters. The van der Waals surface area contributed by atoms with Crippen LogP contribution in [0.1, 0.15) is 15.9 Å². The van der Waals surface area contributed by atoms with Crippen molar-refractivity contribution in [1.82, 2.24) is 4.98 Å². The van der Waals surface area contributed by atoms with Crippen LogP contribution >= 0.6 is 23.4 Å². The molecule has 0 radical (unpaired) electrons. The lowest BCUT2D eigenvalue weighted by Gasteiger charge is -2.08. The molecule has 27 heavy (non-hydrogen) atoms. The average Bonchev–Trinajstić information content (AvgIpc) is 3.12. The summed E-state index contributed by atoms with van der Waals surface area (Å²) in [7, 11) is 0. The van der Waals surface area contributed by atoms with Crippen molar-refractivity contribution in [2.75, 3.05) is 5.32 Å². The molecule has 4 aromatic rings. The first-order valence-electron chi connectivity index (χ1n) is 8.54. The van der Waals surface area contributed by atoms with Gasteiger partial charge in [0.2, 0.25) is 0 Å². The zero-order valence-corrected chi connectivity index (χ0v) is 16.0. The molecule has 0 unspecified atom stereocenters. The highest BCUT2D eigenvalue weighted by Crippen LogP contribution is 2.33. The van der Waals surface area contributed by atoms with Crippen LogP contribution < -0.4 is 5.32 Å². The van der Waals surface area contributed by atoms with Crippen LogP contribution in [0.4, 0.5) is 5.69 Å². The molecule has 3 aromatic carbocycles. The molecule has 0 aliphatic rings. The molecule has 0 aliphatic carbocycles. The number of hydrogen-bond donors (Lipinski definition) is 2. The van der Waals surface area contributed by atoms with Gasteiger partial charge in [0, 0.05) is 38.5 Å². The number of aromatic nitrogens is 1. The normalized spacial score (nSPS) is 10.9. The van der Waals surface area contributed by atoms with Crippen molar-refractivity contribution in [3.8, 4) is 0 Å². The largest absolute Gasteiger partial charge is 0.360 e. The summed E-state index contributed by atoms with van der Waals surface area (Å²) in [5.74, 6) is 0.691. The summed E-state index contributed by atoms with van der Waals surface area (Å²) in [6.07, 6.45) is 1.76. The van der Waals surface area contributed by atoms with E-state index in [1.54, 1.807) is 30.1 Å². The minimum Gasteiger partial charge on any atom is -0.360 e. The van der Waals surface area contributed by atoms with Crippen molar-refractivity contribution >= 4 is 45.9 Å². The monoisotopic (exact) mass is 392 g/mol. The number of benzene rings is 3. The summed E-state index contributed by atoms with van der Waals surface area (Å²) < 4.78 is 0. The zero-order chi connectivity index (χ0) is 18.6. The Labute approximate surface area is 166 Å². The number of aromatic amines is 1. The van der Waals surface area contributed by atoms with Crippen molar-refractivity contribution < 1.29 is 4.79 Å². The van der Waals surface area contributed by atoms with Gasteiger partial charge >= 0.3 is 0 Å². The molecule has 0 aliphatic heterocycles. The van der Waals surface area contributed by atoms with Gasteiger partial charge in [-0.15, -0.1) is 11.8 Å². The van der Waals surface area contributed by atoms with Gasteiger partial charge in [-0.05, 0) is 35.9 Å². The number of fused-ring (bicyclic) bond motifs is 1. The van der Waals surface area contributed by atoms with E-state index in [0.29, 0.717) is 16.3 Å². The molecule has 2 N–H and O–H groups in total. The van der Waals surface area contributed by atoms with Gasteiger partial charge in [0.25, 0.3) is 5.91 Å². The fraction of sp³-hybridized carbons (Fsp3) is 0.0455. The van der Waals surface area contributed by atoms with Gasteiger partial charge < -0.3 is 10.3 Å². The van der Waals surface area contributed by atoms with Gasteiger partial charge in [-0.25, -0.2) is 0 Å². The lowest BCUT2D eigenvalue weighted by atomic mass is 10.1. The molecule has 3 nitrogen and oxygen atoms in total. The Kier molecular flexibility index (Phi) is 5.19. The van der Waals surface area contributed by atoms with E-state index < -0.39 is 0 Å². The van der Waals surface area contributed by atoms with Crippen LogP contribution in [0.15, 0.2) is 83.9 Å². The summed E-state index contributed by atoms with van der Waals surface area (Å²) in [4.78, 5) is 17.1. The number of anilines is 1. The van der Waals surface area contributed by atoms with Crippen LogP contribution in [0.2, 0.25) is 5.02 Å². The molecule has 0 spiro atoms. The van der Waals surface area contributed by atoms with Gasteiger partial charge in [-0.1, -0.05) is 54.1 Å². The smallest absolute Gasteiger partial charge is 0.257 e. The molecular formula is C22H17ClN2OS. The Morgan fingerprint density at radius 2 is 1.81 bits per heavy atom. The number of hydrogen-bond acceptors (Lipinski definition) is 2. The Morgan fingerprint density at radius 3 is 2.63 bits per heavy atom. The Hall–Kier alpha value is -2.69. The molecule has 5 heteroatoms. The second-order valence-corrected chi connectivity index (χ2v) is 7.57. The van der Waals surface area contributed by atoms with Crippen LogP contribution in [-0.2, 0) is 5.75 Å². The van der Waals surface area contributed by atoms with Gasteiger partial charge in [0.1, 0.15) is 0 Å². The quantitative estimate of drug-likeness (QED) is 0.388. The molecular weight excluding hydrogens is 376 g/mol. The van der Waals surface area contributed by atoms with Crippen LogP contribution in [-0.4, -0.2) is 10.9 Å². The topological polar surface area (TPSA) is 44.9 Å². The van der Waals surface area contributed by atoms with Crippen LogP contribution in [0, 0.1) is 0 Å². The second-order valence-electron chi connectivity index (χ2n) is 6.12. The predicted octanol–water partition coefficient (Wildman–Crippen LogP) is 6.37. The Bertz CT molecular complexity index is 1090. The first-order chi connectivity index (χ1) is 13.2. The fourth-order valence-electron chi connectivity index (χ4n) is 2.95. The van der Waals surface area contributed by atoms with Crippen LogP contribution in [0.3, 0.4) is 0 Å². The summed E-state index contributed by atoms with van der Waals surface area (Å²) in [5.41, 5.74) is 3.50. The van der Waals surface area contributed by atoms with E-state index in [9.17, 15) is 4.79 Å². The number of thioether (sulfide) groups is 1. The highest BCUT2D eigenvalue weighted by atomic mass is 35.5. The van der Waals surface area contributed by atoms with E-state index >= 15 is 0 Å². The van der Waals surface area contributed by atoms with Crippen LogP contribution in [0.25, 0.3) is 10.9 Å². The number of halogens is 1. The van der Waals surface area contributed by atoms with E-state index in [4.69, 9.17) is 11.6 Å². The third-order valence-corrected chi connectivity index (χ3v) is 5.60. The van der Waals surface area contributed by atoms with Gasteiger partial charge in [0.15, 0.2) is 0 Å². The Morgan fingerprint density at radius 1 is 1.00 bits per heavy atom. The summed E-state index contributed by atoms with van der Waals surface area (Å²) in [5, 5.41) is 4.46. The number of carbonyl (C=O) groups is 1. The van der Waals surface area contributed by atoms with Crippen molar-refractivity contribution in [2.45, 2.75) is 10.6 Å².